The largest absolute Gasteiger partial charge is 0.462 e. The van der Waals surface area contributed by atoms with E-state index < -0.39 is 0 Å². The van der Waals surface area contributed by atoms with Gasteiger partial charge in [0.25, 0.3) is 0 Å². The smallest absolute Gasteiger partial charge is 0.309 e. The lowest BCUT2D eigenvalue weighted by molar-refractivity contribution is -0.147. The van der Waals surface area contributed by atoms with Crippen molar-refractivity contribution in [1.82, 2.24) is 0 Å². The first-order valence-electron chi connectivity index (χ1n) is 3.49. The quantitative estimate of drug-likeness (QED) is 0.452. The zero-order valence-corrected chi connectivity index (χ0v) is 5.46. The molecule has 1 aliphatic carbocycles. The highest BCUT2D eigenvalue weighted by Crippen LogP contribution is 2.40. The molecule has 3 atom stereocenters. The predicted octanol–water partition coefficient (Wildman–Crippen LogP) is 0.958. The van der Waals surface area contributed by atoms with E-state index in [0.717, 1.165) is 12.8 Å². The molecule has 0 aromatic carbocycles. The molecule has 2 fully saturated rings. The van der Waals surface area contributed by atoms with Crippen LogP contribution < -0.4 is 0 Å². The molecule has 0 aromatic rings. The van der Waals surface area contributed by atoms with E-state index in [1.807, 2.05) is 0 Å². The lowest BCUT2D eigenvalue weighted by atomic mass is 10.0. The monoisotopic (exact) mass is 126 g/mol. The third kappa shape index (κ3) is 0.533. The zero-order valence-electron chi connectivity index (χ0n) is 5.46. The van der Waals surface area contributed by atoms with Gasteiger partial charge in [0.05, 0.1) is 5.92 Å². The molecule has 2 bridgehead atoms. The number of fused-ring (bicyclic) bond motifs is 2. The van der Waals surface area contributed by atoms with Gasteiger partial charge in [-0.2, -0.15) is 0 Å². The Morgan fingerprint density at radius 1 is 1.56 bits per heavy atom. The van der Waals surface area contributed by atoms with Crippen LogP contribution in [0.4, 0.5) is 0 Å². The van der Waals surface area contributed by atoms with Crippen molar-refractivity contribution in [2.24, 2.45) is 11.8 Å². The molecule has 9 heavy (non-hydrogen) atoms. The number of carbonyl (C=O) groups is 1. The molecule has 2 nitrogen and oxygen atoms in total. The Morgan fingerprint density at radius 3 is 2.56 bits per heavy atom. The molecule has 1 saturated heterocycles. The molecule has 0 amide bonds. The number of esters is 1. The summed E-state index contributed by atoms with van der Waals surface area (Å²) in [6.07, 6.45) is 2.42. The van der Waals surface area contributed by atoms with Crippen molar-refractivity contribution in [2.75, 3.05) is 0 Å². The fourth-order valence-electron chi connectivity index (χ4n) is 1.86. The average molecular weight is 126 g/mol. The average Bonchev–Trinajstić information content (AvgIpc) is 2.25. The van der Waals surface area contributed by atoms with Crippen molar-refractivity contribution < 1.29 is 9.53 Å². The van der Waals surface area contributed by atoms with Gasteiger partial charge < -0.3 is 4.74 Å². The van der Waals surface area contributed by atoms with Crippen LogP contribution >= 0.6 is 0 Å². The highest BCUT2D eigenvalue weighted by molar-refractivity contribution is 5.76. The van der Waals surface area contributed by atoms with Gasteiger partial charge >= 0.3 is 5.97 Å². The van der Waals surface area contributed by atoms with Crippen LogP contribution in [0.2, 0.25) is 0 Å². The predicted molar refractivity (Wildman–Crippen MR) is 31.8 cm³/mol. The Balaban J connectivity index is 2.26. The van der Waals surface area contributed by atoms with Gasteiger partial charge in [0.15, 0.2) is 0 Å². The van der Waals surface area contributed by atoms with Crippen molar-refractivity contribution in [1.29, 1.82) is 0 Å². The Bertz CT molecular complexity index is 153. The molecule has 0 spiro atoms. The van der Waals surface area contributed by atoms with Gasteiger partial charge in [0.2, 0.25) is 0 Å². The van der Waals surface area contributed by atoms with E-state index in [-0.39, 0.29) is 18.0 Å². The van der Waals surface area contributed by atoms with Crippen LogP contribution in [0.3, 0.4) is 0 Å². The second-order valence-electron chi connectivity index (χ2n) is 3.02. The van der Waals surface area contributed by atoms with Crippen LogP contribution in [-0.2, 0) is 9.53 Å². The van der Waals surface area contributed by atoms with Gasteiger partial charge in [-0.25, -0.2) is 0 Å². The molecule has 3 unspecified atom stereocenters. The van der Waals surface area contributed by atoms with Crippen LogP contribution in [0.25, 0.3) is 0 Å². The van der Waals surface area contributed by atoms with Gasteiger partial charge in [-0.1, -0.05) is 6.92 Å². The minimum atomic E-state index is 0.0405. The third-order valence-electron chi connectivity index (χ3n) is 2.55. The second kappa shape index (κ2) is 1.49. The van der Waals surface area contributed by atoms with E-state index in [1.165, 1.54) is 0 Å². The maximum Gasteiger partial charge on any atom is 0.309 e. The van der Waals surface area contributed by atoms with Crippen molar-refractivity contribution in [3.05, 3.63) is 0 Å². The molecule has 0 radical (unpaired) electrons. The standard InChI is InChI=1S/C7H10O2/c1-4-5-2-3-6(4)9-7(5)8/h4-6H,2-3H2,1H3. The van der Waals surface area contributed by atoms with E-state index in [0.29, 0.717) is 5.92 Å². The van der Waals surface area contributed by atoms with E-state index >= 15 is 0 Å². The molecule has 2 rings (SSSR count). The summed E-state index contributed by atoms with van der Waals surface area (Å²) in [5.41, 5.74) is 0. The number of ether oxygens (including phenoxy) is 1. The SMILES string of the molecule is CC1C2CCC1C(=O)O2. The first-order valence-corrected chi connectivity index (χ1v) is 3.49. The molecule has 1 heterocycles. The van der Waals surface area contributed by atoms with Crippen molar-refractivity contribution in [3.63, 3.8) is 0 Å². The van der Waals surface area contributed by atoms with E-state index in [2.05, 4.69) is 6.92 Å². The topological polar surface area (TPSA) is 26.3 Å². The highest BCUT2D eigenvalue weighted by atomic mass is 16.6. The fraction of sp³-hybridized carbons (Fsp3) is 0.857. The van der Waals surface area contributed by atoms with Crippen LogP contribution in [0.1, 0.15) is 19.8 Å². The molecular weight excluding hydrogens is 116 g/mol. The normalized spacial score (nSPS) is 47.7. The Morgan fingerprint density at radius 2 is 2.33 bits per heavy atom. The summed E-state index contributed by atoms with van der Waals surface area (Å²) in [7, 11) is 0. The molecule has 1 saturated carbocycles. The van der Waals surface area contributed by atoms with Crippen LogP contribution in [-0.4, -0.2) is 12.1 Å². The summed E-state index contributed by atoms with van der Waals surface area (Å²) in [5.74, 6) is 0.784. The van der Waals surface area contributed by atoms with E-state index in [9.17, 15) is 4.79 Å². The van der Waals surface area contributed by atoms with E-state index in [4.69, 9.17) is 4.74 Å². The Labute approximate surface area is 54.2 Å². The van der Waals surface area contributed by atoms with Crippen LogP contribution in [0, 0.1) is 11.8 Å². The molecule has 2 aliphatic rings. The minimum Gasteiger partial charge on any atom is -0.462 e. The van der Waals surface area contributed by atoms with Crippen molar-refractivity contribution in [2.45, 2.75) is 25.9 Å². The van der Waals surface area contributed by atoms with Gasteiger partial charge in [-0.3, -0.25) is 4.79 Å². The summed E-state index contributed by atoms with van der Waals surface area (Å²) in [6, 6.07) is 0. The third-order valence-corrected chi connectivity index (χ3v) is 2.55. The summed E-state index contributed by atoms with van der Waals surface area (Å²) >= 11 is 0. The van der Waals surface area contributed by atoms with Crippen molar-refractivity contribution in [3.8, 4) is 0 Å². The molecule has 0 N–H and O–H groups in total. The van der Waals surface area contributed by atoms with Crippen LogP contribution in [0.5, 0.6) is 0 Å². The first-order chi connectivity index (χ1) is 4.29. The number of hydrogen-bond donors (Lipinski definition) is 0. The van der Waals surface area contributed by atoms with Gasteiger partial charge in [-0.15, -0.1) is 0 Å². The molecular formula is C7H10O2. The van der Waals surface area contributed by atoms with Crippen LogP contribution in [0.15, 0.2) is 0 Å². The molecule has 50 valence electrons. The summed E-state index contributed by atoms with van der Waals surface area (Å²) in [5, 5.41) is 0. The molecule has 2 heteroatoms. The Hall–Kier alpha value is -0.530. The highest BCUT2D eigenvalue weighted by Gasteiger charge is 2.46. The maximum atomic E-state index is 10.8. The number of rotatable bonds is 0. The summed E-state index contributed by atoms with van der Waals surface area (Å²) in [4.78, 5) is 10.8. The summed E-state index contributed by atoms with van der Waals surface area (Å²) in [6.45, 7) is 2.10. The second-order valence-corrected chi connectivity index (χ2v) is 3.02. The first kappa shape index (κ1) is 5.27. The van der Waals surface area contributed by atoms with E-state index in [1.54, 1.807) is 0 Å². The van der Waals surface area contributed by atoms with Gasteiger partial charge in [0, 0.05) is 5.92 Å². The minimum absolute atomic E-state index is 0.0405. The number of carbonyl (C=O) groups excluding carboxylic acids is 1. The lowest BCUT2D eigenvalue weighted by Crippen LogP contribution is -2.13. The molecule has 1 aliphatic heterocycles. The molecule has 0 aromatic heterocycles. The van der Waals surface area contributed by atoms with Gasteiger partial charge in [0.1, 0.15) is 6.10 Å². The summed E-state index contributed by atoms with van der Waals surface area (Å²) < 4.78 is 5.03. The maximum absolute atomic E-state index is 10.8. The van der Waals surface area contributed by atoms with Gasteiger partial charge in [-0.05, 0) is 12.8 Å². The van der Waals surface area contributed by atoms with Crippen molar-refractivity contribution >= 4 is 5.97 Å². The number of hydrogen-bond acceptors (Lipinski definition) is 2. The Kier molecular flexibility index (Phi) is 0.875. The zero-order chi connectivity index (χ0) is 6.43. The lowest BCUT2D eigenvalue weighted by Gasteiger charge is -2.08. The fourth-order valence-corrected chi connectivity index (χ4v) is 1.86.